The van der Waals surface area contributed by atoms with E-state index in [1.807, 2.05) is 48.5 Å². The summed E-state index contributed by atoms with van der Waals surface area (Å²) in [6.07, 6.45) is 0. The summed E-state index contributed by atoms with van der Waals surface area (Å²) in [4.78, 5) is 32.0. The summed E-state index contributed by atoms with van der Waals surface area (Å²) < 4.78 is 21.0. The van der Waals surface area contributed by atoms with Crippen molar-refractivity contribution < 1.29 is 13.9 Å². The third-order valence-corrected chi connectivity index (χ3v) is 23.3. The molecule has 526 valence electrons. The maximum absolute atomic E-state index is 7.20. The van der Waals surface area contributed by atoms with Gasteiger partial charge in [0.2, 0.25) is 0 Å². The van der Waals surface area contributed by atoms with Crippen LogP contribution in [0.1, 0.15) is 44.5 Å². The van der Waals surface area contributed by atoms with Gasteiger partial charge >= 0.3 is 0 Å². The zero-order valence-electron chi connectivity index (χ0n) is 60.7. The van der Waals surface area contributed by atoms with Crippen LogP contribution in [0.15, 0.2) is 381 Å². The lowest BCUT2D eigenvalue weighted by Gasteiger charge is -2.40. The van der Waals surface area contributed by atoms with E-state index in [1.54, 1.807) is 0 Å². The summed E-state index contributed by atoms with van der Waals surface area (Å²) in [7, 11) is 0. The Hall–Kier alpha value is -15.1. The van der Waals surface area contributed by atoms with Gasteiger partial charge in [0.1, 0.15) is 34.2 Å². The fourth-order valence-corrected chi connectivity index (χ4v) is 18.3. The Balaban J connectivity index is 0.615. The van der Waals surface area contributed by atoms with E-state index in [0.29, 0.717) is 34.9 Å². The maximum atomic E-state index is 7.20. The first-order chi connectivity index (χ1) is 55.9. The van der Waals surface area contributed by atoms with Crippen LogP contribution in [0.25, 0.3) is 157 Å². The second kappa shape index (κ2) is 25.3. The predicted molar refractivity (Wildman–Crippen MR) is 450 cm³/mol. The lowest BCUT2D eigenvalue weighted by Crippen LogP contribution is -2.32. The topological polar surface area (TPSA) is 109 Å². The highest BCUT2D eigenvalue weighted by Gasteiger charge is 2.53. The molecule has 2 spiro atoms. The van der Waals surface area contributed by atoms with E-state index >= 15 is 0 Å². The van der Waals surface area contributed by atoms with Gasteiger partial charge in [-0.1, -0.05) is 297 Å². The minimum Gasteiger partial charge on any atom is -0.457 e. The average molecular weight is 1440 g/mol. The van der Waals surface area contributed by atoms with Crippen LogP contribution in [0.5, 0.6) is 23.0 Å². The van der Waals surface area contributed by atoms with Crippen molar-refractivity contribution in [1.29, 1.82) is 0 Å². The molecular formula is C104H62N6O3. The number of hydrogen-bond donors (Lipinski definition) is 0. The van der Waals surface area contributed by atoms with E-state index in [9.17, 15) is 0 Å². The Morgan fingerprint density at radius 1 is 0.177 bits per heavy atom. The predicted octanol–water partition coefficient (Wildman–Crippen LogP) is 25.6. The molecule has 2 aliphatic carbocycles. The molecule has 0 unspecified atom stereocenters. The van der Waals surface area contributed by atoms with Crippen molar-refractivity contribution in [3.05, 3.63) is 421 Å². The van der Waals surface area contributed by atoms with E-state index in [4.69, 9.17) is 43.8 Å². The zero-order valence-corrected chi connectivity index (χ0v) is 60.7. The highest BCUT2D eigenvalue weighted by molar-refractivity contribution is 6.11. The molecular weight excluding hydrogens is 1380 g/mol. The third kappa shape index (κ3) is 9.98. The summed E-state index contributed by atoms with van der Waals surface area (Å²) >= 11 is 0. The molecule has 4 aliphatic rings. The Morgan fingerprint density at radius 3 is 0.965 bits per heavy atom. The lowest BCUT2D eigenvalue weighted by molar-refractivity contribution is 0.436. The van der Waals surface area contributed by atoms with E-state index in [-0.39, 0.29) is 0 Å². The smallest absolute Gasteiger partial charge is 0.164 e. The number of para-hydroxylation sites is 2. The molecule has 2 aliphatic heterocycles. The molecule has 9 heteroatoms. The van der Waals surface area contributed by atoms with Gasteiger partial charge in [0.25, 0.3) is 0 Å². The number of fused-ring (bicyclic) bond motifs is 21. The first kappa shape index (κ1) is 64.0. The summed E-state index contributed by atoms with van der Waals surface area (Å²) in [5, 5.41) is 2.02. The number of furan rings is 1. The van der Waals surface area contributed by atoms with E-state index < -0.39 is 10.8 Å². The van der Waals surface area contributed by atoms with Gasteiger partial charge in [0.15, 0.2) is 34.9 Å². The van der Waals surface area contributed by atoms with E-state index in [2.05, 4.69) is 328 Å². The molecule has 19 aromatic rings. The van der Waals surface area contributed by atoms with Gasteiger partial charge in [-0.25, -0.2) is 29.9 Å². The Bertz CT molecular complexity index is 6940. The average Bonchev–Trinajstić information content (AvgIpc) is 1.54. The normalized spacial score (nSPS) is 13.2. The van der Waals surface area contributed by atoms with Crippen molar-refractivity contribution in [3.8, 4) is 158 Å². The van der Waals surface area contributed by atoms with Crippen LogP contribution in [-0.4, -0.2) is 29.9 Å². The number of ether oxygens (including phenoxy) is 2. The monoisotopic (exact) mass is 1440 g/mol. The first-order valence-electron chi connectivity index (χ1n) is 38.2. The highest BCUT2D eigenvalue weighted by atomic mass is 16.5. The van der Waals surface area contributed by atoms with Crippen LogP contribution >= 0.6 is 0 Å². The molecule has 113 heavy (non-hydrogen) atoms. The van der Waals surface area contributed by atoms with Crippen molar-refractivity contribution in [2.45, 2.75) is 10.8 Å². The second-order valence-electron chi connectivity index (χ2n) is 29.5. The van der Waals surface area contributed by atoms with Gasteiger partial charge in [-0.3, -0.25) is 0 Å². The van der Waals surface area contributed by atoms with Gasteiger partial charge in [0.05, 0.1) is 10.8 Å². The van der Waals surface area contributed by atoms with Crippen molar-refractivity contribution in [2.75, 3.05) is 0 Å². The second-order valence-corrected chi connectivity index (χ2v) is 29.5. The molecule has 5 heterocycles. The summed E-state index contributed by atoms with van der Waals surface area (Å²) in [6, 6.07) is 133. The first-order valence-corrected chi connectivity index (χ1v) is 38.2. The largest absolute Gasteiger partial charge is 0.457 e. The molecule has 0 saturated carbocycles. The molecule has 0 atom stereocenters. The van der Waals surface area contributed by atoms with Crippen molar-refractivity contribution in [2.24, 2.45) is 0 Å². The molecule has 0 amide bonds. The highest BCUT2D eigenvalue weighted by Crippen LogP contribution is 2.65. The molecule has 0 N–H and O–H groups in total. The van der Waals surface area contributed by atoms with Crippen molar-refractivity contribution in [3.63, 3.8) is 0 Å². The quantitative estimate of drug-likeness (QED) is 0.132. The SMILES string of the molecule is c1ccc(-c2cccc(-c3nc(-c4cccc(-c5ccccc5)c4)nc(-c4ccc5c(c4)C4(c6cc(-c7ccc8oc9c(-c%10ccc(-c%11nc(-c%12ccccc%12)nc(-c%12ccc%13c(c%12)C%12(c%14ccccc%14O%13)c%13ccccc%13-c%13ccccc%13%12)n%11)cc%10)cccc9c8c7)ccc6O5)c5ccccc5-c5ccccc54)n3)c2)cc1. The minimum absolute atomic E-state index is 0.548. The zero-order chi connectivity index (χ0) is 74.3. The van der Waals surface area contributed by atoms with Crippen LogP contribution in [0, 0.1) is 0 Å². The van der Waals surface area contributed by atoms with Gasteiger partial charge in [0, 0.05) is 72.0 Å². The molecule has 16 aromatic carbocycles. The number of aromatic nitrogens is 6. The van der Waals surface area contributed by atoms with Crippen LogP contribution in [0.4, 0.5) is 0 Å². The molecule has 0 bridgehead atoms. The summed E-state index contributed by atoms with van der Waals surface area (Å²) in [5.41, 5.74) is 27.4. The molecule has 0 fully saturated rings. The maximum Gasteiger partial charge on any atom is 0.164 e. The van der Waals surface area contributed by atoms with E-state index in [1.165, 1.54) is 44.5 Å². The number of nitrogens with zero attached hydrogens (tertiary/aromatic N) is 6. The van der Waals surface area contributed by atoms with Crippen molar-refractivity contribution >= 4 is 21.9 Å². The number of rotatable bonds is 10. The fraction of sp³-hybridized carbons (Fsp3) is 0.0192. The van der Waals surface area contributed by atoms with Crippen LogP contribution in [0.2, 0.25) is 0 Å². The van der Waals surface area contributed by atoms with Crippen LogP contribution in [-0.2, 0) is 10.8 Å². The van der Waals surface area contributed by atoms with Crippen LogP contribution < -0.4 is 9.47 Å². The third-order valence-electron chi connectivity index (χ3n) is 23.3. The van der Waals surface area contributed by atoms with Crippen LogP contribution in [0.3, 0.4) is 0 Å². The molecule has 0 radical (unpaired) electrons. The number of benzene rings is 16. The standard InChI is InChI=1S/C104H62N6O3/c1-4-23-63(24-5-1)68-29-20-31-72(57-68)99-108-100(73-32-21-30-69(58-73)64-25-6-2-7-26-64)110-102(109-99)75-52-56-95-90(62-75)104(85-41-16-12-35-79(85)80-36-13-17-42-86(80)104)88-60-71(50-54-93(88)112-95)70-49-53-91-82(59-70)81-38-22-37-76(96(81)113-91)65-45-47-67(48-46-65)98-105-97(66-27-8-3-9-28-66)106-101(107-98)74-51-55-94-89(61-74)103(87-43-18-19-44-92(87)111-94)83-39-14-10-33-77(83)78-34-11-15-40-84(78)103/h1-62H. The van der Waals surface area contributed by atoms with E-state index in [0.717, 1.165) is 145 Å². The molecule has 23 rings (SSSR count). The Morgan fingerprint density at radius 2 is 0.478 bits per heavy atom. The summed E-state index contributed by atoms with van der Waals surface area (Å²) in [6.45, 7) is 0. The molecule has 9 nitrogen and oxygen atoms in total. The van der Waals surface area contributed by atoms with Crippen molar-refractivity contribution in [1.82, 2.24) is 29.9 Å². The van der Waals surface area contributed by atoms with Gasteiger partial charge in [-0.05, 0) is 162 Å². The Labute approximate surface area is 651 Å². The Kier molecular flexibility index (Phi) is 14.3. The van der Waals surface area contributed by atoms with Gasteiger partial charge in [-0.2, -0.15) is 0 Å². The van der Waals surface area contributed by atoms with Gasteiger partial charge < -0.3 is 13.9 Å². The minimum atomic E-state index is -0.826. The number of hydrogen-bond acceptors (Lipinski definition) is 9. The molecule has 0 saturated heterocycles. The molecule has 3 aromatic heterocycles. The summed E-state index contributed by atoms with van der Waals surface area (Å²) in [5.74, 6) is 6.56. The van der Waals surface area contributed by atoms with Gasteiger partial charge in [-0.15, -0.1) is 0 Å². The fourth-order valence-electron chi connectivity index (χ4n) is 18.3. The lowest BCUT2D eigenvalue weighted by atomic mass is 9.65.